The summed E-state index contributed by atoms with van der Waals surface area (Å²) in [5, 5.41) is 0. The highest BCUT2D eigenvalue weighted by molar-refractivity contribution is 5.94. The molecule has 0 aromatic carbocycles. The van der Waals surface area contributed by atoms with Gasteiger partial charge in [-0.15, -0.1) is 0 Å². The fourth-order valence-corrected chi connectivity index (χ4v) is 2.34. The van der Waals surface area contributed by atoms with E-state index in [1.807, 2.05) is 4.90 Å². The Balaban J connectivity index is 2.10. The van der Waals surface area contributed by atoms with Gasteiger partial charge in [0.05, 0.1) is 0 Å². The predicted octanol–water partition coefficient (Wildman–Crippen LogP) is 0.830. The Hall–Kier alpha value is -1.62. The number of aromatic nitrogens is 1. The largest absolute Gasteiger partial charge is 0.384 e. The van der Waals surface area contributed by atoms with Crippen LogP contribution in [0.4, 0.5) is 5.82 Å². The molecular formula is C13H20N4O. The van der Waals surface area contributed by atoms with Crippen molar-refractivity contribution in [3.05, 3.63) is 23.9 Å². The number of nitrogens with two attached hydrogens (primary N) is 1. The molecule has 2 rings (SSSR count). The summed E-state index contributed by atoms with van der Waals surface area (Å²) in [6.45, 7) is 4.63. The molecule has 2 N–H and O–H groups in total. The second kappa shape index (κ2) is 5.35. The third-order valence-corrected chi connectivity index (χ3v) is 3.56. The fraction of sp³-hybridized carbons (Fsp3) is 0.538. The molecule has 98 valence electrons. The second-order valence-electron chi connectivity index (χ2n) is 4.76. The minimum absolute atomic E-state index is 0.0515. The lowest BCUT2D eigenvalue weighted by Gasteiger charge is -2.39. The highest BCUT2D eigenvalue weighted by Crippen LogP contribution is 2.14. The van der Waals surface area contributed by atoms with Crippen molar-refractivity contribution in [3.63, 3.8) is 0 Å². The Morgan fingerprint density at radius 3 is 3.00 bits per heavy atom. The van der Waals surface area contributed by atoms with Gasteiger partial charge >= 0.3 is 0 Å². The minimum atomic E-state index is 0.0515. The molecular weight excluding hydrogens is 228 g/mol. The lowest BCUT2D eigenvalue weighted by Crippen LogP contribution is -2.52. The Kier molecular flexibility index (Phi) is 3.81. The van der Waals surface area contributed by atoms with Gasteiger partial charge in [0.25, 0.3) is 5.91 Å². The zero-order valence-corrected chi connectivity index (χ0v) is 11.0. The van der Waals surface area contributed by atoms with Crippen LogP contribution < -0.4 is 5.73 Å². The molecule has 1 saturated heterocycles. The number of carbonyl (C=O) groups is 1. The van der Waals surface area contributed by atoms with Gasteiger partial charge in [0, 0.05) is 37.4 Å². The van der Waals surface area contributed by atoms with Gasteiger partial charge in [-0.3, -0.25) is 9.69 Å². The van der Waals surface area contributed by atoms with Crippen molar-refractivity contribution >= 4 is 11.7 Å². The van der Waals surface area contributed by atoms with Crippen molar-refractivity contribution in [2.75, 3.05) is 32.4 Å². The Morgan fingerprint density at radius 2 is 2.33 bits per heavy atom. The fourth-order valence-electron chi connectivity index (χ4n) is 2.34. The van der Waals surface area contributed by atoms with Gasteiger partial charge in [-0.1, -0.05) is 6.92 Å². The minimum Gasteiger partial charge on any atom is -0.384 e. The van der Waals surface area contributed by atoms with Crippen LogP contribution in [0.15, 0.2) is 18.3 Å². The van der Waals surface area contributed by atoms with E-state index in [-0.39, 0.29) is 5.91 Å². The molecule has 1 unspecified atom stereocenters. The van der Waals surface area contributed by atoms with Crippen LogP contribution >= 0.6 is 0 Å². The highest BCUT2D eigenvalue weighted by atomic mass is 16.2. The zero-order valence-electron chi connectivity index (χ0n) is 11.0. The van der Waals surface area contributed by atoms with Crippen molar-refractivity contribution in [1.82, 2.24) is 14.8 Å². The van der Waals surface area contributed by atoms with Crippen molar-refractivity contribution in [2.45, 2.75) is 19.4 Å². The van der Waals surface area contributed by atoms with E-state index in [1.165, 1.54) is 0 Å². The topological polar surface area (TPSA) is 62.5 Å². The number of piperazine rings is 1. The number of likely N-dealkylation sites (N-methyl/N-ethyl adjacent to an activating group) is 1. The summed E-state index contributed by atoms with van der Waals surface area (Å²) < 4.78 is 0. The van der Waals surface area contributed by atoms with Crippen LogP contribution in [0, 0.1) is 0 Å². The quantitative estimate of drug-likeness (QED) is 0.842. The van der Waals surface area contributed by atoms with E-state index in [1.54, 1.807) is 18.3 Å². The van der Waals surface area contributed by atoms with Gasteiger partial charge in [-0.05, 0) is 25.6 Å². The number of pyridine rings is 1. The van der Waals surface area contributed by atoms with Gasteiger partial charge in [0.1, 0.15) is 5.82 Å². The number of amides is 1. The van der Waals surface area contributed by atoms with Gasteiger partial charge in [0.2, 0.25) is 0 Å². The Bertz CT molecular complexity index is 435. The number of hydrogen-bond donors (Lipinski definition) is 1. The molecule has 1 atom stereocenters. The van der Waals surface area contributed by atoms with E-state index in [9.17, 15) is 4.79 Å². The molecule has 0 spiro atoms. The first-order valence-electron chi connectivity index (χ1n) is 6.33. The highest BCUT2D eigenvalue weighted by Gasteiger charge is 2.26. The average molecular weight is 248 g/mol. The van der Waals surface area contributed by atoms with Crippen LogP contribution in [0.2, 0.25) is 0 Å². The molecule has 1 amide bonds. The molecule has 1 fully saturated rings. The standard InChI is InChI=1S/C13H20N4O/c1-3-11-9-17(7-6-16(11)2)13(18)10-4-5-15-12(14)8-10/h4-5,8,11H,3,6-7,9H2,1-2H3,(H2,14,15). The van der Waals surface area contributed by atoms with E-state index < -0.39 is 0 Å². The second-order valence-corrected chi connectivity index (χ2v) is 4.76. The first-order valence-corrected chi connectivity index (χ1v) is 6.33. The van der Waals surface area contributed by atoms with Crippen LogP contribution in [-0.4, -0.2) is 53.4 Å². The summed E-state index contributed by atoms with van der Waals surface area (Å²) >= 11 is 0. The van der Waals surface area contributed by atoms with E-state index in [4.69, 9.17) is 5.73 Å². The molecule has 5 heteroatoms. The summed E-state index contributed by atoms with van der Waals surface area (Å²) in [6, 6.07) is 3.81. The van der Waals surface area contributed by atoms with Crippen LogP contribution in [0.25, 0.3) is 0 Å². The first kappa shape index (κ1) is 12.8. The number of nitrogen functional groups attached to an aromatic ring is 1. The van der Waals surface area contributed by atoms with Crippen LogP contribution in [0.3, 0.4) is 0 Å². The van der Waals surface area contributed by atoms with E-state index in [0.29, 0.717) is 17.4 Å². The SMILES string of the molecule is CCC1CN(C(=O)c2ccnc(N)c2)CCN1C. The maximum Gasteiger partial charge on any atom is 0.254 e. The van der Waals surface area contributed by atoms with Crippen molar-refractivity contribution in [1.29, 1.82) is 0 Å². The molecule has 0 bridgehead atoms. The maximum atomic E-state index is 12.3. The monoisotopic (exact) mass is 248 g/mol. The maximum absolute atomic E-state index is 12.3. The van der Waals surface area contributed by atoms with Crippen molar-refractivity contribution in [3.8, 4) is 0 Å². The van der Waals surface area contributed by atoms with Gasteiger partial charge in [-0.2, -0.15) is 0 Å². The van der Waals surface area contributed by atoms with Gasteiger partial charge < -0.3 is 10.6 Å². The molecule has 1 aliphatic rings. The molecule has 2 heterocycles. The summed E-state index contributed by atoms with van der Waals surface area (Å²) in [5.74, 6) is 0.442. The number of carbonyl (C=O) groups excluding carboxylic acids is 1. The molecule has 5 nitrogen and oxygen atoms in total. The van der Waals surface area contributed by atoms with E-state index >= 15 is 0 Å². The number of nitrogens with zero attached hydrogens (tertiary/aromatic N) is 3. The lowest BCUT2D eigenvalue weighted by molar-refractivity contribution is 0.0542. The van der Waals surface area contributed by atoms with Gasteiger partial charge in [0.15, 0.2) is 0 Å². The Morgan fingerprint density at radius 1 is 1.56 bits per heavy atom. The smallest absolute Gasteiger partial charge is 0.254 e. The normalized spacial score (nSPS) is 21.0. The molecule has 1 aromatic heterocycles. The Labute approximate surface area is 108 Å². The number of anilines is 1. The summed E-state index contributed by atoms with van der Waals surface area (Å²) in [4.78, 5) is 20.5. The van der Waals surface area contributed by atoms with Crippen LogP contribution in [0.1, 0.15) is 23.7 Å². The molecule has 1 aromatic rings. The van der Waals surface area contributed by atoms with E-state index in [2.05, 4.69) is 23.9 Å². The summed E-state index contributed by atoms with van der Waals surface area (Å²) in [7, 11) is 2.11. The van der Waals surface area contributed by atoms with E-state index in [0.717, 1.165) is 26.1 Å². The third-order valence-electron chi connectivity index (χ3n) is 3.56. The number of hydrogen-bond acceptors (Lipinski definition) is 4. The van der Waals surface area contributed by atoms with Crippen LogP contribution in [0.5, 0.6) is 0 Å². The first-order chi connectivity index (χ1) is 8.61. The average Bonchev–Trinajstić information content (AvgIpc) is 2.38. The molecule has 18 heavy (non-hydrogen) atoms. The van der Waals surface area contributed by atoms with Gasteiger partial charge in [-0.25, -0.2) is 4.98 Å². The van der Waals surface area contributed by atoms with Crippen LogP contribution in [-0.2, 0) is 0 Å². The molecule has 1 aliphatic heterocycles. The van der Waals surface area contributed by atoms with Crippen molar-refractivity contribution in [2.24, 2.45) is 0 Å². The summed E-state index contributed by atoms with van der Waals surface area (Å²) in [5.41, 5.74) is 6.24. The summed E-state index contributed by atoms with van der Waals surface area (Å²) in [6.07, 6.45) is 2.63. The number of rotatable bonds is 2. The molecule has 0 aliphatic carbocycles. The third kappa shape index (κ3) is 2.61. The molecule has 0 radical (unpaired) electrons. The molecule has 0 saturated carbocycles. The zero-order chi connectivity index (χ0) is 13.1. The van der Waals surface area contributed by atoms with Crippen molar-refractivity contribution < 1.29 is 4.79 Å². The predicted molar refractivity (Wildman–Crippen MR) is 71.3 cm³/mol. The lowest BCUT2D eigenvalue weighted by atomic mass is 10.1.